The number of benzene rings is 2. The van der Waals surface area contributed by atoms with Gasteiger partial charge in [-0.25, -0.2) is 9.07 Å². The Morgan fingerprint density at radius 1 is 0.943 bits per heavy atom. The molecule has 0 atom stereocenters. The number of aryl methyl sites for hydroxylation is 1. The Kier molecular flexibility index (Phi) is 5.39. The Balaban J connectivity index is 1.40. The quantitative estimate of drug-likeness (QED) is 0.332. The second-order valence-electron chi connectivity index (χ2n) is 7.78. The Morgan fingerprint density at radius 3 is 2.37 bits per heavy atom. The standard InChI is InChI=1S/C24H16F4N4O3/c25-18-4-2-1-3-15(18)23(34)30-29-22(33)13-5-7-14(8-6-13)32-20-16-11-12-35-19(16)10-9-17(20)21(31-32)24(26,27)28/h1-8,11-12H,9-10H2,(H,29,33)(H,30,34). The third-order valence-electron chi connectivity index (χ3n) is 5.64. The molecule has 7 nitrogen and oxygen atoms in total. The molecule has 11 heteroatoms. The number of rotatable bonds is 3. The molecule has 2 amide bonds. The first-order valence-electron chi connectivity index (χ1n) is 10.5. The maximum atomic E-state index is 13.7. The Labute approximate surface area is 195 Å². The van der Waals surface area contributed by atoms with Gasteiger partial charge in [-0.2, -0.15) is 18.3 Å². The number of hydrogen-bond acceptors (Lipinski definition) is 4. The first-order chi connectivity index (χ1) is 16.7. The molecule has 2 aromatic carbocycles. The normalized spacial score (nSPS) is 12.6. The highest BCUT2D eigenvalue weighted by Crippen LogP contribution is 2.42. The molecule has 2 N–H and O–H groups in total. The van der Waals surface area contributed by atoms with Gasteiger partial charge in [0.2, 0.25) is 0 Å². The van der Waals surface area contributed by atoms with E-state index < -0.39 is 29.5 Å². The third kappa shape index (κ3) is 4.05. The molecule has 0 aliphatic heterocycles. The smallest absolute Gasteiger partial charge is 0.435 e. The number of hydrogen-bond donors (Lipinski definition) is 2. The summed E-state index contributed by atoms with van der Waals surface area (Å²) in [5, 5.41) is 3.84. The van der Waals surface area contributed by atoms with Crippen LogP contribution in [-0.2, 0) is 19.0 Å². The molecule has 0 bridgehead atoms. The lowest BCUT2D eigenvalue weighted by Crippen LogP contribution is -2.41. The minimum atomic E-state index is -4.63. The second-order valence-corrected chi connectivity index (χ2v) is 7.78. The lowest BCUT2D eigenvalue weighted by molar-refractivity contribution is -0.142. The SMILES string of the molecule is O=C(NNC(=O)c1ccccc1F)c1ccc(-n2nc(C(F)(F)F)c3c2-c2ccoc2CC3)cc1. The number of amides is 2. The van der Waals surface area contributed by atoms with Gasteiger partial charge >= 0.3 is 6.18 Å². The van der Waals surface area contributed by atoms with E-state index in [9.17, 15) is 27.2 Å². The van der Waals surface area contributed by atoms with E-state index >= 15 is 0 Å². The number of nitrogens with one attached hydrogen (secondary N) is 2. The Morgan fingerprint density at radius 2 is 1.66 bits per heavy atom. The number of carbonyl (C=O) groups is 2. The summed E-state index contributed by atoms with van der Waals surface area (Å²) in [6, 6.07) is 12.5. The molecule has 2 aromatic heterocycles. The predicted octanol–water partition coefficient (Wildman–Crippen LogP) is 4.46. The number of halogens is 4. The fraction of sp³-hybridized carbons (Fsp3) is 0.125. The van der Waals surface area contributed by atoms with Crippen LogP contribution in [0.25, 0.3) is 16.9 Å². The fourth-order valence-electron chi connectivity index (χ4n) is 4.01. The average molecular weight is 484 g/mol. The summed E-state index contributed by atoms with van der Waals surface area (Å²) >= 11 is 0. The van der Waals surface area contributed by atoms with Gasteiger partial charge in [-0.15, -0.1) is 0 Å². The van der Waals surface area contributed by atoms with E-state index in [0.717, 1.165) is 6.07 Å². The van der Waals surface area contributed by atoms with Crippen LogP contribution in [0, 0.1) is 5.82 Å². The van der Waals surface area contributed by atoms with Gasteiger partial charge in [0, 0.05) is 23.1 Å². The Bertz CT molecular complexity index is 1440. The van der Waals surface area contributed by atoms with Gasteiger partial charge < -0.3 is 4.42 Å². The van der Waals surface area contributed by atoms with Gasteiger partial charge in [-0.1, -0.05) is 12.1 Å². The predicted molar refractivity (Wildman–Crippen MR) is 115 cm³/mol. The van der Waals surface area contributed by atoms with Crippen molar-refractivity contribution in [2.24, 2.45) is 0 Å². The van der Waals surface area contributed by atoms with Crippen LogP contribution in [0.15, 0.2) is 65.3 Å². The van der Waals surface area contributed by atoms with Crippen LogP contribution in [0.1, 0.15) is 37.7 Å². The zero-order valence-corrected chi connectivity index (χ0v) is 17.8. The van der Waals surface area contributed by atoms with Crippen molar-refractivity contribution >= 4 is 11.8 Å². The van der Waals surface area contributed by atoms with Crippen LogP contribution in [0.3, 0.4) is 0 Å². The molecule has 0 fully saturated rings. The summed E-state index contributed by atoms with van der Waals surface area (Å²) in [6.45, 7) is 0. The number of fused-ring (bicyclic) bond motifs is 3. The van der Waals surface area contributed by atoms with E-state index in [1.807, 2.05) is 0 Å². The van der Waals surface area contributed by atoms with E-state index in [1.54, 1.807) is 6.07 Å². The van der Waals surface area contributed by atoms with E-state index in [0.29, 0.717) is 29.1 Å². The molecule has 0 saturated carbocycles. The summed E-state index contributed by atoms with van der Waals surface area (Å²) < 4.78 is 61.3. The van der Waals surface area contributed by atoms with E-state index in [2.05, 4.69) is 16.0 Å². The summed E-state index contributed by atoms with van der Waals surface area (Å²) in [7, 11) is 0. The van der Waals surface area contributed by atoms with Crippen LogP contribution in [0.5, 0.6) is 0 Å². The molecule has 178 valence electrons. The van der Waals surface area contributed by atoms with Crippen molar-refractivity contribution in [3.8, 4) is 16.9 Å². The molecule has 1 aliphatic rings. The summed E-state index contributed by atoms with van der Waals surface area (Å²) in [6.07, 6.45) is -2.74. The maximum absolute atomic E-state index is 13.7. The highest BCUT2D eigenvalue weighted by atomic mass is 19.4. The van der Waals surface area contributed by atoms with Crippen molar-refractivity contribution in [1.82, 2.24) is 20.6 Å². The lowest BCUT2D eigenvalue weighted by Gasteiger charge is -2.15. The molecule has 2 heterocycles. The highest BCUT2D eigenvalue weighted by Gasteiger charge is 2.41. The van der Waals surface area contributed by atoms with Crippen molar-refractivity contribution in [2.75, 3.05) is 0 Å². The van der Waals surface area contributed by atoms with Gasteiger partial charge in [0.05, 0.1) is 23.2 Å². The van der Waals surface area contributed by atoms with Gasteiger partial charge in [0.1, 0.15) is 11.6 Å². The molecule has 35 heavy (non-hydrogen) atoms. The van der Waals surface area contributed by atoms with Gasteiger partial charge in [-0.05, 0) is 48.9 Å². The van der Waals surface area contributed by atoms with Crippen molar-refractivity contribution < 1.29 is 31.6 Å². The largest absolute Gasteiger partial charge is 0.469 e. The number of furan rings is 1. The van der Waals surface area contributed by atoms with Gasteiger partial charge in [0.15, 0.2) is 5.69 Å². The molecule has 5 rings (SSSR count). The summed E-state index contributed by atoms with van der Waals surface area (Å²) in [4.78, 5) is 24.5. The van der Waals surface area contributed by atoms with Crippen LogP contribution >= 0.6 is 0 Å². The first-order valence-corrected chi connectivity index (χ1v) is 10.5. The Hall–Kier alpha value is -4.41. The van der Waals surface area contributed by atoms with Crippen molar-refractivity contribution in [2.45, 2.75) is 19.0 Å². The highest BCUT2D eigenvalue weighted by molar-refractivity contribution is 5.99. The van der Waals surface area contributed by atoms with E-state index in [-0.39, 0.29) is 23.1 Å². The van der Waals surface area contributed by atoms with Crippen LogP contribution < -0.4 is 10.9 Å². The van der Waals surface area contributed by atoms with Crippen LogP contribution in [0.2, 0.25) is 0 Å². The minimum Gasteiger partial charge on any atom is -0.469 e. The molecule has 0 saturated heterocycles. The molecule has 0 unspecified atom stereocenters. The molecule has 1 aliphatic carbocycles. The van der Waals surface area contributed by atoms with Crippen molar-refractivity contribution in [3.05, 3.63) is 94.8 Å². The summed E-state index contributed by atoms with van der Waals surface area (Å²) in [5.41, 5.74) is 4.43. The van der Waals surface area contributed by atoms with Crippen LogP contribution in [-0.4, -0.2) is 21.6 Å². The second kappa shape index (κ2) is 8.42. The van der Waals surface area contributed by atoms with Crippen molar-refractivity contribution in [3.63, 3.8) is 0 Å². The molecule has 0 radical (unpaired) electrons. The van der Waals surface area contributed by atoms with E-state index in [1.165, 1.54) is 53.4 Å². The lowest BCUT2D eigenvalue weighted by atomic mass is 9.94. The van der Waals surface area contributed by atoms with Gasteiger partial charge in [0.25, 0.3) is 11.8 Å². The fourth-order valence-corrected chi connectivity index (χ4v) is 4.01. The first kappa shape index (κ1) is 22.4. The topological polar surface area (TPSA) is 89.2 Å². The van der Waals surface area contributed by atoms with Gasteiger partial charge in [-0.3, -0.25) is 20.4 Å². The number of alkyl halides is 3. The molecule has 0 spiro atoms. The number of carbonyl (C=O) groups excluding carboxylic acids is 2. The average Bonchev–Trinajstić information content (AvgIpc) is 3.47. The minimum absolute atomic E-state index is 0.0871. The molecular formula is C24H16F4N4O3. The van der Waals surface area contributed by atoms with E-state index in [4.69, 9.17) is 4.42 Å². The zero-order chi connectivity index (χ0) is 24.7. The number of aromatic nitrogens is 2. The van der Waals surface area contributed by atoms with Crippen LogP contribution in [0.4, 0.5) is 17.6 Å². The maximum Gasteiger partial charge on any atom is 0.435 e. The molecular weight excluding hydrogens is 468 g/mol. The third-order valence-corrected chi connectivity index (χ3v) is 5.64. The van der Waals surface area contributed by atoms with Crippen molar-refractivity contribution in [1.29, 1.82) is 0 Å². The number of nitrogens with zero attached hydrogens (tertiary/aromatic N) is 2. The monoisotopic (exact) mass is 484 g/mol. The number of hydrazine groups is 1. The molecule has 4 aromatic rings. The zero-order valence-electron chi connectivity index (χ0n) is 17.8. The summed E-state index contributed by atoms with van der Waals surface area (Å²) in [5.74, 6) is -1.71.